The Hall–Kier alpha value is -2.10. The lowest BCUT2D eigenvalue weighted by Gasteiger charge is -2.10. The second kappa shape index (κ2) is 6.08. The third-order valence-corrected chi connectivity index (χ3v) is 5.07. The van der Waals surface area contributed by atoms with Crippen LogP contribution in [0.25, 0.3) is 0 Å². The lowest BCUT2D eigenvalue weighted by molar-refractivity contribution is 0.0951. The summed E-state index contributed by atoms with van der Waals surface area (Å²) in [6.07, 6.45) is 5.13. The number of nitrogens with one attached hydrogen (secondary N) is 1. The summed E-state index contributed by atoms with van der Waals surface area (Å²) in [4.78, 5) is 12.4. The minimum absolute atomic E-state index is 0.0127. The summed E-state index contributed by atoms with van der Waals surface area (Å²) in [5.41, 5.74) is 5.54. The molecule has 1 heterocycles. The summed E-state index contributed by atoms with van der Waals surface area (Å²) in [6.45, 7) is 5.38. The van der Waals surface area contributed by atoms with Crippen LogP contribution in [0.1, 0.15) is 70.4 Å². The van der Waals surface area contributed by atoms with Crippen molar-refractivity contribution in [2.24, 2.45) is 0 Å². The highest BCUT2D eigenvalue weighted by Gasteiger charge is 2.32. The molecule has 0 atom stereocenters. The molecule has 2 aliphatic carbocycles. The van der Waals surface area contributed by atoms with Gasteiger partial charge in [0.1, 0.15) is 0 Å². The third kappa shape index (κ3) is 3.23. The van der Waals surface area contributed by atoms with Gasteiger partial charge in [0.15, 0.2) is 0 Å². The maximum absolute atomic E-state index is 12.4. The molecule has 0 saturated heterocycles. The fraction of sp³-hybridized carbons (Fsp3) is 0.500. The highest BCUT2D eigenvalue weighted by molar-refractivity contribution is 5.95. The fourth-order valence-electron chi connectivity index (χ4n) is 3.27. The number of rotatable bonds is 6. The van der Waals surface area contributed by atoms with Gasteiger partial charge in [0.25, 0.3) is 5.91 Å². The first-order valence-electron chi connectivity index (χ1n) is 9.05. The SMILES string of the molecule is Cc1ccc(C)c(C(=O)NCCn2nc(C3CC3)cc2C2CC2)c1. The van der Waals surface area contributed by atoms with Crippen LogP contribution in [0.5, 0.6) is 0 Å². The van der Waals surface area contributed by atoms with Gasteiger partial charge in [-0.05, 0) is 57.2 Å². The Morgan fingerprint density at radius 3 is 2.62 bits per heavy atom. The van der Waals surface area contributed by atoms with Crippen molar-refractivity contribution in [3.8, 4) is 0 Å². The second-order valence-electron chi connectivity index (χ2n) is 7.34. The van der Waals surface area contributed by atoms with Crippen molar-refractivity contribution in [3.63, 3.8) is 0 Å². The normalized spacial score (nSPS) is 17.1. The molecule has 1 aromatic heterocycles. The molecular formula is C20H25N3O. The molecule has 0 bridgehead atoms. The van der Waals surface area contributed by atoms with Crippen molar-refractivity contribution in [2.45, 2.75) is 57.9 Å². The minimum Gasteiger partial charge on any atom is -0.350 e. The maximum atomic E-state index is 12.4. The van der Waals surface area contributed by atoms with Crippen LogP contribution in [0.15, 0.2) is 24.3 Å². The molecule has 2 fully saturated rings. The minimum atomic E-state index is 0.0127. The van der Waals surface area contributed by atoms with Crippen molar-refractivity contribution >= 4 is 5.91 Å². The van der Waals surface area contributed by atoms with Crippen LogP contribution in [-0.2, 0) is 6.54 Å². The van der Waals surface area contributed by atoms with Gasteiger partial charge >= 0.3 is 0 Å². The topological polar surface area (TPSA) is 46.9 Å². The van der Waals surface area contributed by atoms with E-state index in [2.05, 4.69) is 16.1 Å². The molecule has 0 aliphatic heterocycles. The third-order valence-electron chi connectivity index (χ3n) is 5.07. The number of hydrogen-bond acceptors (Lipinski definition) is 2. The van der Waals surface area contributed by atoms with Crippen LogP contribution in [0.4, 0.5) is 0 Å². The number of hydrogen-bond donors (Lipinski definition) is 1. The Morgan fingerprint density at radius 1 is 1.17 bits per heavy atom. The molecule has 24 heavy (non-hydrogen) atoms. The molecule has 126 valence electrons. The van der Waals surface area contributed by atoms with Gasteiger partial charge in [-0.2, -0.15) is 5.10 Å². The summed E-state index contributed by atoms with van der Waals surface area (Å²) in [6, 6.07) is 8.31. The number of amides is 1. The van der Waals surface area contributed by atoms with E-state index in [4.69, 9.17) is 5.10 Å². The van der Waals surface area contributed by atoms with E-state index in [0.29, 0.717) is 18.4 Å². The first-order chi connectivity index (χ1) is 11.6. The molecule has 4 heteroatoms. The molecule has 2 saturated carbocycles. The van der Waals surface area contributed by atoms with Gasteiger partial charge in [-0.1, -0.05) is 17.7 Å². The lowest BCUT2D eigenvalue weighted by atomic mass is 10.1. The zero-order valence-corrected chi connectivity index (χ0v) is 14.5. The summed E-state index contributed by atoms with van der Waals surface area (Å²) in [5.74, 6) is 1.40. The molecule has 2 aliphatic rings. The number of nitrogens with zero attached hydrogens (tertiary/aromatic N) is 2. The monoisotopic (exact) mass is 323 g/mol. The number of carbonyl (C=O) groups is 1. The van der Waals surface area contributed by atoms with E-state index >= 15 is 0 Å². The van der Waals surface area contributed by atoms with Gasteiger partial charge in [-0.3, -0.25) is 9.48 Å². The maximum Gasteiger partial charge on any atom is 0.251 e. The molecule has 1 amide bonds. The zero-order valence-electron chi connectivity index (χ0n) is 14.5. The second-order valence-corrected chi connectivity index (χ2v) is 7.34. The van der Waals surface area contributed by atoms with Gasteiger partial charge in [0.2, 0.25) is 0 Å². The van der Waals surface area contributed by atoms with E-state index in [1.54, 1.807) is 0 Å². The first kappa shape index (κ1) is 15.4. The quantitative estimate of drug-likeness (QED) is 0.881. The molecule has 1 aromatic carbocycles. The fourth-order valence-corrected chi connectivity index (χ4v) is 3.27. The van der Waals surface area contributed by atoms with E-state index in [-0.39, 0.29) is 5.91 Å². The molecule has 1 N–H and O–H groups in total. The largest absolute Gasteiger partial charge is 0.350 e. The standard InChI is InChI=1S/C20H25N3O/c1-13-3-4-14(2)17(11-13)20(24)21-9-10-23-19(16-7-8-16)12-18(22-23)15-5-6-15/h3-4,11-12,15-16H,5-10H2,1-2H3,(H,21,24). The van der Waals surface area contributed by atoms with E-state index in [1.807, 2.05) is 32.0 Å². The van der Waals surface area contributed by atoms with Gasteiger partial charge in [0, 0.05) is 29.6 Å². The number of aromatic nitrogens is 2. The van der Waals surface area contributed by atoms with Gasteiger partial charge < -0.3 is 5.32 Å². The molecular weight excluding hydrogens is 298 g/mol. The molecule has 0 unspecified atom stereocenters. The van der Waals surface area contributed by atoms with Crippen LogP contribution in [0, 0.1) is 13.8 Å². The van der Waals surface area contributed by atoms with E-state index in [9.17, 15) is 4.79 Å². The highest BCUT2D eigenvalue weighted by atomic mass is 16.1. The number of carbonyl (C=O) groups excluding carboxylic acids is 1. The van der Waals surface area contributed by atoms with Crippen molar-refractivity contribution in [1.82, 2.24) is 15.1 Å². The van der Waals surface area contributed by atoms with Crippen molar-refractivity contribution in [3.05, 3.63) is 52.3 Å². The van der Waals surface area contributed by atoms with Crippen molar-refractivity contribution in [1.29, 1.82) is 0 Å². The van der Waals surface area contributed by atoms with Gasteiger partial charge in [-0.15, -0.1) is 0 Å². The summed E-state index contributed by atoms with van der Waals surface area (Å²) < 4.78 is 2.13. The van der Waals surface area contributed by atoms with Crippen molar-refractivity contribution < 1.29 is 4.79 Å². The summed E-state index contributed by atoms with van der Waals surface area (Å²) in [7, 11) is 0. The Bertz CT molecular complexity index is 769. The lowest BCUT2D eigenvalue weighted by Crippen LogP contribution is -2.28. The molecule has 0 spiro atoms. The van der Waals surface area contributed by atoms with Gasteiger partial charge in [0.05, 0.1) is 12.2 Å². The Kier molecular flexibility index (Phi) is 3.91. The average molecular weight is 323 g/mol. The van der Waals surface area contributed by atoms with Gasteiger partial charge in [-0.25, -0.2) is 0 Å². The van der Waals surface area contributed by atoms with E-state index in [0.717, 1.165) is 23.2 Å². The smallest absolute Gasteiger partial charge is 0.251 e. The summed E-state index contributed by atoms with van der Waals surface area (Å²) >= 11 is 0. The van der Waals surface area contributed by atoms with Crippen LogP contribution in [0.3, 0.4) is 0 Å². The van der Waals surface area contributed by atoms with Crippen LogP contribution >= 0.6 is 0 Å². The first-order valence-corrected chi connectivity index (χ1v) is 9.05. The molecule has 4 rings (SSSR count). The van der Waals surface area contributed by atoms with Crippen LogP contribution in [0.2, 0.25) is 0 Å². The molecule has 4 nitrogen and oxygen atoms in total. The average Bonchev–Trinajstić information content (AvgIpc) is 3.48. The predicted octanol–water partition coefficient (Wildman–Crippen LogP) is 3.68. The Morgan fingerprint density at radius 2 is 1.92 bits per heavy atom. The predicted molar refractivity (Wildman–Crippen MR) is 94.4 cm³/mol. The Labute approximate surface area is 143 Å². The number of benzene rings is 1. The van der Waals surface area contributed by atoms with Crippen LogP contribution < -0.4 is 5.32 Å². The summed E-state index contributed by atoms with van der Waals surface area (Å²) in [5, 5.41) is 7.86. The zero-order chi connectivity index (χ0) is 16.7. The van der Waals surface area contributed by atoms with E-state index in [1.165, 1.54) is 37.1 Å². The molecule has 0 radical (unpaired) electrons. The highest BCUT2D eigenvalue weighted by Crippen LogP contribution is 2.44. The number of aryl methyl sites for hydroxylation is 2. The van der Waals surface area contributed by atoms with Crippen LogP contribution in [-0.4, -0.2) is 22.2 Å². The Balaban J connectivity index is 1.40. The van der Waals surface area contributed by atoms with Crippen molar-refractivity contribution in [2.75, 3.05) is 6.54 Å². The molecule has 2 aromatic rings. The van der Waals surface area contributed by atoms with E-state index < -0.39 is 0 Å².